The maximum absolute atomic E-state index is 14.0. The van der Waals surface area contributed by atoms with Crippen molar-refractivity contribution in [2.45, 2.75) is 200 Å². The average molecular weight is 1970 g/mol. The molecule has 0 bridgehead atoms. The lowest BCUT2D eigenvalue weighted by atomic mass is 9.72. The van der Waals surface area contributed by atoms with E-state index >= 15 is 0 Å². The third-order valence-corrected chi connectivity index (χ3v) is 26.7. The molecule has 740 valence electrons. The van der Waals surface area contributed by atoms with Gasteiger partial charge in [-0.15, -0.1) is 0 Å². The maximum Gasteiger partial charge on any atom is 0.417 e. The molecular weight excluding hydrogens is 1850 g/mol. The summed E-state index contributed by atoms with van der Waals surface area (Å²) in [6.07, 6.45) is -24.9. The van der Waals surface area contributed by atoms with Crippen LogP contribution in [0.1, 0.15) is 179 Å². The summed E-state index contributed by atoms with van der Waals surface area (Å²) in [6.45, 7) is 25.0. The number of sulfone groups is 1. The molecule has 0 aliphatic carbocycles. The Bertz CT molecular complexity index is 5950. The van der Waals surface area contributed by atoms with Gasteiger partial charge in [0, 0.05) is 38.2 Å². The van der Waals surface area contributed by atoms with Crippen LogP contribution in [-0.2, 0) is 37.6 Å². The molecule has 0 radical (unpaired) electrons. The molecule has 25 heteroatoms. The molecule has 0 heterocycles. The maximum atomic E-state index is 14.0. The quantitative estimate of drug-likeness (QED) is 0.0529. The molecule has 0 aromatic heterocycles. The predicted octanol–water partition coefficient (Wildman–Crippen LogP) is 34.2. The first-order valence-corrected chi connectivity index (χ1v) is 44.2. The van der Waals surface area contributed by atoms with Gasteiger partial charge in [0.1, 0.15) is 5.41 Å². The second-order valence-corrected chi connectivity index (χ2v) is 37.0. The Morgan fingerprint density at radius 2 is 0.471 bits per heavy atom. The van der Waals surface area contributed by atoms with E-state index in [1.165, 1.54) is 79.4 Å². The second-order valence-electron chi connectivity index (χ2n) is 32.2. The number of hydrogen-bond donors (Lipinski definition) is 0. The normalized spacial score (nSPS) is 11.3. The van der Waals surface area contributed by atoms with Crippen LogP contribution in [-0.4, -0.2) is 32.7 Å². The summed E-state index contributed by atoms with van der Waals surface area (Å²) in [5.74, 6) is -5.23. The first-order chi connectivity index (χ1) is 61.5. The number of rotatable bonds is 12. The number of ketones is 1. The van der Waals surface area contributed by atoms with Gasteiger partial charge in [-0.2, -0.15) is 65.9 Å². The zero-order chi connectivity index (χ0) is 98.2. The smallest absolute Gasteiger partial charge is 0.309 e. The highest BCUT2D eigenvalue weighted by molar-refractivity contribution is 7.91. The minimum Gasteiger partial charge on any atom is -0.309 e. The Labute approximate surface area is 801 Å². The van der Waals surface area contributed by atoms with Gasteiger partial charge in [0.05, 0.1) is 20.9 Å². The van der Waals surface area contributed by atoms with Crippen molar-refractivity contribution >= 4 is 38.7 Å². The minimum atomic E-state index is -5.53. The highest BCUT2D eigenvalue weighted by Gasteiger charge is 2.72. The summed E-state index contributed by atoms with van der Waals surface area (Å²) in [7, 11) is -6.19. The summed E-state index contributed by atoms with van der Waals surface area (Å²) in [4.78, 5) is 12.7. The fourth-order valence-corrected chi connectivity index (χ4v) is 17.6. The number of benzene rings is 14. The number of alkyl halides is 15. The van der Waals surface area contributed by atoms with Crippen molar-refractivity contribution in [2.24, 2.45) is 0 Å². The van der Waals surface area contributed by atoms with Crippen LogP contribution < -0.4 is 15.9 Å². The van der Waals surface area contributed by atoms with E-state index in [0.717, 1.165) is 112 Å². The van der Waals surface area contributed by atoms with Crippen LogP contribution in [0, 0.1) is 120 Å². The van der Waals surface area contributed by atoms with Gasteiger partial charge in [0.15, 0.2) is 36.2 Å². The molecule has 0 aliphatic rings. The van der Waals surface area contributed by atoms with E-state index in [9.17, 15) is 101 Å². The molecule has 0 fully saturated rings. The van der Waals surface area contributed by atoms with Crippen LogP contribution >= 0.6 is 7.14 Å². The molecule has 14 rings (SSSR count). The highest BCUT2D eigenvalue weighted by Crippen LogP contribution is 2.57. The van der Waals surface area contributed by atoms with Gasteiger partial charge in [0.2, 0.25) is 15.3 Å². The van der Waals surface area contributed by atoms with Gasteiger partial charge in [0.25, 0.3) is 0 Å². The fourth-order valence-electron chi connectivity index (χ4n) is 13.7. The van der Waals surface area contributed by atoms with E-state index in [1.807, 2.05) is 183 Å². The van der Waals surface area contributed by atoms with E-state index < -0.39 is 126 Å². The van der Waals surface area contributed by atoms with Crippen molar-refractivity contribution in [1.29, 1.82) is 0 Å². The Morgan fingerprint density at radius 3 is 0.703 bits per heavy atom. The van der Waals surface area contributed by atoms with Crippen LogP contribution in [0.5, 0.6) is 0 Å². The number of aryl methyl sites for hydroxylation is 12. The zero-order valence-electron chi connectivity index (χ0n) is 74.6. The molecule has 4 nitrogen and oxygen atoms in total. The average Bonchev–Trinajstić information content (AvgIpc) is 0.714. The van der Waals surface area contributed by atoms with Gasteiger partial charge >= 0.3 is 30.9 Å². The fraction of sp³-hybridized carbons (Fsp3) is 0.248. The lowest BCUT2D eigenvalue weighted by molar-refractivity contribution is -0.288. The van der Waals surface area contributed by atoms with Crippen molar-refractivity contribution in [3.63, 3.8) is 0 Å². The van der Waals surface area contributed by atoms with Gasteiger partial charge in [-0.05, 0) is 174 Å². The van der Waals surface area contributed by atoms with Gasteiger partial charge < -0.3 is 4.57 Å². The number of carbonyl (C=O) groups excluding carboxylic acids is 1. The molecule has 0 amide bonds. The van der Waals surface area contributed by atoms with Crippen molar-refractivity contribution in [3.05, 3.63) is 455 Å². The first kappa shape index (κ1) is 122. The second kappa shape index (κ2) is 50.3. The van der Waals surface area contributed by atoms with E-state index in [4.69, 9.17) is 0 Å². The van der Waals surface area contributed by atoms with Gasteiger partial charge in [-0.3, -0.25) is 4.79 Å². The summed E-state index contributed by atoms with van der Waals surface area (Å²) >= 11 is 0. The molecule has 0 N–H and O–H groups in total. The van der Waals surface area contributed by atoms with Crippen molar-refractivity contribution in [3.8, 4) is 11.1 Å². The molecule has 138 heavy (non-hydrogen) atoms. The van der Waals surface area contributed by atoms with Crippen molar-refractivity contribution < 1.29 is 101 Å². The molecule has 0 aliphatic heterocycles. The van der Waals surface area contributed by atoms with E-state index in [0.29, 0.717) is 32.0 Å². The zero-order valence-corrected chi connectivity index (χ0v) is 76.3. The van der Waals surface area contributed by atoms with Crippen LogP contribution in [0.4, 0.5) is 83.4 Å². The van der Waals surface area contributed by atoms with Crippen LogP contribution in [0.15, 0.2) is 319 Å². The number of carbonyl (C=O) groups is 1. The molecule has 0 saturated carbocycles. The predicted molar refractivity (Wildman–Crippen MR) is 527 cm³/mol. The van der Waals surface area contributed by atoms with Crippen LogP contribution in [0.3, 0.4) is 0 Å². The summed E-state index contributed by atoms with van der Waals surface area (Å²) in [6, 6.07) is 83.2. The SMILES string of the molecule is C.C.C.C.C.C.Cc1c(F)c(F)c(C)c(F)c1F.Cc1ccc(-c2ccc(C)cc2C(F)(F)F)c(C(F)(F)F)c1.Cc1ccc(C(=O)c2ccc(C)cc2)cc1.Cc1ccc(C(C)(c2ccc(C)cc2)C(F)(F)F)cc1.Cc1ccc(C(c2ccc(C)cc2)(C(F)(F)F)C(F)(F)F)cc1.Cc1ccc(P(=O)(c2ccccc2)c2ccc(C)cc2)cc1.Cc1ccc(S(=O)(=O)c2ccc(C)cc2)cc1. The standard InChI is InChI=1S/C20H19OP.C17H14F6.C17H17F3.C16H12F6.C15H14O.C14H14O2S.C8H6F4.6CH4/c1-16-8-12-19(13-9-16)22(21,18-6-4-3-5-7-18)20-14-10-17(2)11-15-20;1-11-3-7-13(8-4-11)15(16(18,19)20,17(21,22)23)14-9-5-12(2)6-10-14;1-12-4-8-14(9-5-12)16(3,17(18,19)20)15-10-6-13(2)7-11-15;1-9-3-5-11(13(7-9)15(17,18)19)12-6-4-10(2)8-14(12)16(20,21)22;1-11-3-7-13(8-4-11)15(16)14-9-5-12(2)6-10-14;1-11-3-7-13(8-4-11)17(15,16)14-9-5-12(2)6-10-14;1-3-5(9)7(11)4(2)8(12)6(3)10;;;;;;/h3-15H,1-2H3;3-10H,1-2H3;4-11H,1-3H3;3-8H,1-2H3;3-10H,1-2H3;3-10H,1-2H3;1-2H3;6*1H4. The van der Waals surface area contributed by atoms with Gasteiger partial charge in [-0.25, -0.2) is 26.0 Å². The van der Waals surface area contributed by atoms with E-state index in [-0.39, 0.29) is 61.5 Å². The van der Waals surface area contributed by atoms with Crippen molar-refractivity contribution in [2.75, 3.05) is 0 Å². The third kappa shape index (κ3) is 29.6. The lowest BCUT2D eigenvalue weighted by Crippen LogP contribution is -2.54. The minimum absolute atomic E-state index is 0. The Hall–Kier alpha value is -12.4. The molecule has 14 aromatic rings. The summed E-state index contributed by atoms with van der Waals surface area (Å²) in [5.41, 5.74) is 0.453. The molecule has 0 spiro atoms. The van der Waals surface area contributed by atoms with Crippen molar-refractivity contribution in [1.82, 2.24) is 0 Å². The number of hydrogen-bond acceptors (Lipinski definition) is 4. The summed E-state index contributed by atoms with van der Waals surface area (Å²) in [5, 5.41) is 2.64. The topological polar surface area (TPSA) is 68.3 Å². The largest absolute Gasteiger partial charge is 0.417 e. The van der Waals surface area contributed by atoms with Crippen LogP contribution in [0.2, 0.25) is 0 Å². The third-order valence-electron chi connectivity index (χ3n) is 21.8. The van der Waals surface area contributed by atoms with E-state index in [2.05, 4.69) is 0 Å². The Morgan fingerprint density at radius 1 is 0.261 bits per heavy atom. The van der Waals surface area contributed by atoms with Gasteiger partial charge in [-0.1, -0.05) is 384 Å². The Kier molecular flexibility index (Phi) is 44.3. The number of halogens is 19. The lowest BCUT2D eigenvalue weighted by Gasteiger charge is -2.38. The first-order valence-electron chi connectivity index (χ1n) is 41.0. The van der Waals surface area contributed by atoms with Crippen LogP contribution in [0.25, 0.3) is 11.1 Å². The molecule has 14 aromatic carbocycles. The molecule has 0 atom stereocenters. The molecular formula is C113H120F19O4PS. The summed E-state index contributed by atoms with van der Waals surface area (Å²) < 4.78 is 291. The highest BCUT2D eigenvalue weighted by atomic mass is 32.2. The molecule has 0 unspecified atom stereocenters. The Balaban J connectivity index is 0.000000544. The molecule has 0 saturated heterocycles. The monoisotopic (exact) mass is 1960 g/mol. The van der Waals surface area contributed by atoms with E-state index in [1.54, 1.807) is 111 Å².